The first-order chi connectivity index (χ1) is 11.8. The number of aliphatic hydroxyl groups is 1. The standard InChI is InChI=1S/C20H24N2O3/c1-20(2,19(25)22(3)16-12-8-5-9-13-16)21-18(24)17(23)14-15-10-6-4-7-11-15/h4-13,17,23H,14H2,1-3H3,(H,21,24). The van der Waals surface area contributed by atoms with Crippen molar-refractivity contribution in [1.82, 2.24) is 5.32 Å². The molecule has 0 aliphatic heterocycles. The minimum atomic E-state index is -1.21. The summed E-state index contributed by atoms with van der Waals surface area (Å²) in [5.41, 5.74) is 0.453. The molecule has 2 aromatic carbocycles. The van der Waals surface area contributed by atoms with Gasteiger partial charge in [-0.1, -0.05) is 48.5 Å². The van der Waals surface area contributed by atoms with Gasteiger partial charge >= 0.3 is 0 Å². The van der Waals surface area contributed by atoms with E-state index >= 15 is 0 Å². The van der Waals surface area contributed by atoms with Gasteiger partial charge in [0.25, 0.3) is 5.91 Å². The van der Waals surface area contributed by atoms with Gasteiger partial charge in [0.2, 0.25) is 5.91 Å². The van der Waals surface area contributed by atoms with Crippen LogP contribution in [0.3, 0.4) is 0 Å². The monoisotopic (exact) mass is 340 g/mol. The Morgan fingerprint density at radius 3 is 2.12 bits per heavy atom. The van der Waals surface area contributed by atoms with E-state index in [0.29, 0.717) is 0 Å². The molecule has 2 amide bonds. The molecule has 0 aliphatic rings. The summed E-state index contributed by atoms with van der Waals surface area (Å²) in [6.07, 6.45) is -1.01. The van der Waals surface area contributed by atoms with Crippen molar-refractivity contribution in [2.75, 3.05) is 11.9 Å². The predicted molar refractivity (Wildman–Crippen MR) is 98.2 cm³/mol. The van der Waals surface area contributed by atoms with E-state index in [0.717, 1.165) is 11.3 Å². The molecule has 2 N–H and O–H groups in total. The van der Waals surface area contributed by atoms with Crippen molar-refractivity contribution in [3.05, 3.63) is 66.2 Å². The van der Waals surface area contributed by atoms with Crippen molar-refractivity contribution in [3.8, 4) is 0 Å². The molecule has 132 valence electrons. The Balaban J connectivity index is 2.01. The van der Waals surface area contributed by atoms with Crippen LogP contribution in [-0.2, 0) is 16.0 Å². The van der Waals surface area contributed by atoms with Gasteiger partial charge in [-0.05, 0) is 31.5 Å². The van der Waals surface area contributed by atoms with Gasteiger partial charge < -0.3 is 15.3 Å². The summed E-state index contributed by atoms with van der Waals surface area (Å²) >= 11 is 0. The van der Waals surface area contributed by atoms with Crippen LogP contribution in [0.15, 0.2) is 60.7 Å². The van der Waals surface area contributed by atoms with Gasteiger partial charge in [-0.25, -0.2) is 0 Å². The number of nitrogens with zero attached hydrogens (tertiary/aromatic N) is 1. The Morgan fingerprint density at radius 2 is 1.56 bits per heavy atom. The second-order valence-electron chi connectivity index (χ2n) is 6.52. The van der Waals surface area contributed by atoms with Crippen molar-refractivity contribution < 1.29 is 14.7 Å². The number of amides is 2. The Hall–Kier alpha value is -2.66. The highest BCUT2D eigenvalue weighted by atomic mass is 16.3. The number of aliphatic hydroxyl groups excluding tert-OH is 1. The molecule has 0 saturated carbocycles. The summed E-state index contributed by atoms with van der Waals surface area (Å²) in [7, 11) is 1.66. The minimum absolute atomic E-state index is 0.200. The van der Waals surface area contributed by atoms with E-state index in [9.17, 15) is 14.7 Å². The molecule has 0 bridgehead atoms. The summed E-state index contributed by atoms with van der Waals surface area (Å²) in [5, 5.41) is 12.8. The third-order valence-corrected chi connectivity index (χ3v) is 3.99. The molecule has 0 aliphatic carbocycles. The molecule has 0 fully saturated rings. The number of anilines is 1. The summed E-state index contributed by atoms with van der Waals surface area (Å²) in [4.78, 5) is 26.5. The first kappa shape index (κ1) is 18.7. The van der Waals surface area contributed by atoms with Crippen molar-refractivity contribution in [1.29, 1.82) is 0 Å². The second kappa shape index (κ2) is 7.94. The van der Waals surface area contributed by atoms with Gasteiger partial charge in [0.05, 0.1) is 0 Å². The van der Waals surface area contributed by atoms with E-state index in [-0.39, 0.29) is 12.3 Å². The number of para-hydroxylation sites is 1. The molecule has 0 saturated heterocycles. The molecule has 1 atom stereocenters. The molecular formula is C20H24N2O3. The second-order valence-corrected chi connectivity index (χ2v) is 6.52. The maximum absolute atomic E-state index is 12.7. The Kier molecular flexibility index (Phi) is 5.93. The minimum Gasteiger partial charge on any atom is -0.383 e. The molecule has 1 unspecified atom stereocenters. The van der Waals surface area contributed by atoms with Crippen molar-refractivity contribution >= 4 is 17.5 Å². The average molecular weight is 340 g/mol. The van der Waals surface area contributed by atoms with Gasteiger partial charge in [0, 0.05) is 19.2 Å². The summed E-state index contributed by atoms with van der Waals surface area (Å²) in [5.74, 6) is -0.831. The van der Waals surface area contributed by atoms with E-state index in [1.165, 1.54) is 4.90 Å². The van der Waals surface area contributed by atoms with Crippen LogP contribution in [0.2, 0.25) is 0 Å². The SMILES string of the molecule is CN(C(=O)C(C)(C)NC(=O)C(O)Cc1ccccc1)c1ccccc1. The number of carbonyl (C=O) groups is 2. The lowest BCUT2D eigenvalue weighted by atomic mass is 10.0. The van der Waals surface area contributed by atoms with E-state index < -0.39 is 17.6 Å². The van der Waals surface area contributed by atoms with Gasteiger partial charge in [0.1, 0.15) is 11.6 Å². The molecule has 2 aromatic rings. The van der Waals surface area contributed by atoms with Crippen molar-refractivity contribution in [2.24, 2.45) is 0 Å². The van der Waals surface area contributed by atoms with Crippen LogP contribution in [0, 0.1) is 0 Å². The van der Waals surface area contributed by atoms with Gasteiger partial charge in [-0.3, -0.25) is 9.59 Å². The topological polar surface area (TPSA) is 69.6 Å². The number of benzene rings is 2. The van der Waals surface area contributed by atoms with Crippen LogP contribution in [0.4, 0.5) is 5.69 Å². The number of carbonyl (C=O) groups excluding carboxylic acids is 2. The van der Waals surface area contributed by atoms with Gasteiger partial charge in [-0.15, -0.1) is 0 Å². The smallest absolute Gasteiger partial charge is 0.251 e. The van der Waals surface area contributed by atoms with E-state index in [2.05, 4.69) is 5.32 Å². The number of likely N-dealkylation sites (N-methyl/N-ethyl adjacent to an activating group) is 1. The fraction of sp³-hybridized carbons (Fsp3) is 0.300. The maximum Gasteiger partial charge on any atom is 0.251 e. The molecule has 0 aromatic heterocycles. The third-order valence-electron chi connectivity index (χ3n) is 3.99. The van der Waals surface area contributed by atoms with E-state index in [1.54, 1.807) is 20.9 Å². The molecule has 0 radical (unpaired) electrons. The van der Waals surface area contributed by atoms with E-state index in [1.807, 2.05) is 60.7 Å². The zero-order valence-electron chi connectivity index (χ0n) is 14.8. The third kappa shape index (κ3) is 4.90. The fourth-order valence-electron chi connectivity index (χ4n) is 2.56. The predicted octanol–water partition coefficient (Wildman–Crippen LogP) is 2.15. The number of hydrogen-bond acceptors (Lipinski definition) is 3. The first-order valence-corrected chi connectivity index (χ1v) is 8.18. The molecule has 5 nitrogen and oxygen atoms in total. The lowest BCUT2D eigenvalue weighted by Gasteiger charge is -2.31. The highest BCUT2D eigenvalue weighted by Crippen LogP contribution is 2.16. The van der Waals surface area contributed by atoms with Crippen LogP contribution in [0.25, 0.3) is 0 Å². The normalized spacial score (nSPS) is 12.3. The largest absolute Gasteiger partial charge is 0.383 e. The molecule has 5 heteroatoms. The molecule has 0 spiro atoms. The molecule has 0 heterocycles. The van der Waals surface area contributed by atoms with Crippen LogP contribution >= 0.6 is 0 Å². The molecule has 25 heavy (non-hydrogen) atoms. The average Bonchev–Trinajstić information content (AvgIpc) is 2.61. The van der Waals surface area contributed by atoms with Crippen LogP contribution < -0.4 is 10.2 Å². The zero-order chi connectivity index (χ0) is 18.4. The van der Waals surface area contributed by atoms with Crippen LogP contribution in [0.5, 0.6) is 0 Å². The Morgan fingerprint density at radius 1 is 1.04 bits per heavy atom. The van der Waals surface area contributed by atoms with Crippen molar-refractivity contribution in [3.63, 3.8) is 0 Å². The zero-order valence-corrected chi connectivity index (χ0v) is 14.8. The first-order valence-electron chi connectivity index (χ1n) is 8.18. The quantitative estimate of drug-likeness (QED) is 0.846. The fourth-order valence-corrected chi connectivity index (χ4v) is 2.56. The summed E-state index contributed by atoms with van der Waals surface area (Å²) in [6, 6.07) is 18.4. The molecule has 2 rings (SSSR count). The Labute approximate surface area is 148 Å². The van der Waals surface area contributed by atoms with E-state index in [4.69, 9.17) is 0 Å². The van der Waals surface area contributed by atoms with Gasteiger partial charge in [-0.2, -0.15) is 0 Å². The van der Waals surface area contributed by atoms with Crippen molar-refractivity contribution in [2.45, 2.75) is 31.9 Å². The number of hydrogen-bond donors (Lipinski definition) is 2. The van der Waals surface area contributed by atoms with Gasteiger partial charge in [0.15, 0.2) is 0 Å². The van der Waals surface area contributed by atoms with Crippen LogP contribution in [-0.4, -0.2) is 35.6 Å². The summed E-state index contributed by atoms with van der Waals surface area (Å²) < 4.78 is 0. The summed E-state index contributed by atoms with van der Waals surface area (Å²) in [6.45, 7) is 3.25. The Bertz CT molecular complexity index is 714. The number of nitrogens with one attached hydrogen (secondary N) is 1. The lowest BCUT2D eigenvalue weighted by molar-refractivity contribution is -0.135. The molecular weight excluding hydrogens is 316 g/mol. The lowest BCUT2D eigenvalue weighted by Crippen LogP contribution is -2.57. The van der Waals surface area contributed by atoms with Crippen LogP contribution in [0.1, 0.15) is 19.4 Å². The number of rotatable bonds is 6. The maximum atomic E-state index is 12.7. The highest BCUT2D eigenvalue weighted by Gasteiger charge is 2.34. The highest BCUT2D eigenvalue weighted by molar-refractivity contribution is 6.01.